The molecule has 1 aliphatic carbocycles. The van der Waals surface area contributed by atoms with E-state index in [4.69, 9.17) is 0 Å². The molecule has 2 aromatic rings. The summed E-state index contributed by atoms with van der Waals surface area (Å²) < 4.78 is 13.9. The lowest BCUT2D eigenvalue weighted by Crippen LogP contribution is -2.34. The number of benzene rings is 2. The molecule has 1 fully saturated rings. The number of hydrogen-bond donors (Lipinski definition) is 0. The van der Waals surface area contributed by atoms with E-state index in [-0.39, 0.29) is 11.7 Å². The summed E-state index contributed by atoms with van der Waals surface area (Å²) in [5.41, 5.74) is 0.620. The second kappa shape index (κ2) is 5.84. The Bertz CT molecular complexity index is 663. The molecule has 0 N–H and O–H groups in total. The molecule has 1 amide bonds. The lowest BCUT2D eigenvalue weighted by Gasteiger charge is -2.23. The average Bonchev–Trinajstić information content (AvgIpc) is 3.33. The number of carbonyl (C=O) groups is 1. The molecule has 0 bridgehead atoms. The molecule has 0 unspecified atom stereocenters. The molecule has 1 aliphatic rings. The molecule has 0 radical (unpaired) electrons. The molecule has 0 heterocycles. The zero-order chi connectivity index (χ0) is 14.8. The maximum atomic E-state index is 13.9. The first kappa shape index (κ1) is 14.1. The van der Waals surface area contributed by atoms with Crippen LogP contribution in [0.2, 0.25) is 0 Å². The monoisotopic (exact) mass is 285 g/mol. The highest BCUT2D eigenvalue weighted by Gasteiger charge is 2.33. The number of hydrogen-bond acceptors (Lipinski definition) is 1. The third kappa shape index (κ3) is 2.78. The van der Waals surface area contributed by atoms with E-state index in [0.717, 1.165) is 32.2 Å². The predicted molar refractivity (Wildman–Crippen MR) is 82.9 cm³/mol. The van der Waals surface area contributed by atoms with E-state index in [2.05, 4.69) is 6.92 Å². The fourth-order valence-corrected chi connectivity index (χ4v) is 2.77. The van der Waals surface area contributed by atoms with Crippen molar-refractivity contribution in [2.24, 2.45) is 0 Å². The molecule has 3 heteroatoms. The van der Waals surface area contributed by atoms with Crippen LogP contribution in [0.3, 0.4) is 0 Å². The topological polar surface area (TPSA) is 20.3 Å². The van der Waals surface area contributed by atoms with E-state index in [0.29, 0.717) is 22.4 Å². The standard InChI is InChI=1S/C18H20FNO/c1-2-3-12-20(13-8-9-13)18(21)16-10-11-17(19)15-7-5-4-6-14(15)16/h4-7,10-11,13H,2-3,8-9,12H2,1H3. The highest BCUT2D eigenvalue weighted by molar-refractivity contribution is 6.07. The molecular formula is C18H20FNO. The fourth-order valence-electron chi connectivity index (χ4n) is 2.77. The van der Waals surface area contributed by atoms with E-state index in [1.807, 2.05) is 17.0 Å². The van der Waals surface area contributed by atoms with Gasteiger partial charge in [-0.15, -0.1) is 0 Å². The second-order valence-electron chi connectivity index (χ2n) is 5.72. The highest BCUT2D eigenvalue weighted by atomic mass is 19.1. The van der Waals surface area contributed by atoms with Gasteiger partial charge in [0.1, 0.15) is 5.82 Å². The number of rotatable bonds is 5. The van der Waals surface area contributed by atoms with E-state index in [1.54, 1.807) is 18.2 Å². The minimum Gasteiger partial charge on any atom is -0.336 e. The van der Waals surface area contributed by atoms with Gasteiger partial charge in [0.15, 0.2) is 0 Å². The molecule has 21 heavy (non-hydrogen) atoms. The van der Waals surface area contributed by atoms with Crippen LogP contribution in [-0.2, 0) is 0 Å². The molecular weight excluding hydrogens is 265 g/mol. The SMILES string of the molecule is CCCCN(C(=O)c1ccc(F)c2ccccc12)C1CC1. The van der Waals surface area contributed by atoms with Crippen molar-refractivity contribution in [3.63, 3.8) is 0 Å². The second-order valence-corrected chi connectivity index (χ2v) is 5.72. The Hall–Kier alpha value is -1.90. The number of carbonyl (C=O) groups excluding carboxylic acids is 1. The molecule has 0 saturated heterocycles. The zero-order valence-electron chi connectivity index (χ0n) is 12.3. The first-order valence-electron chi connectivity index (χ1n) is 7.70. The molecule has 0 aliphatic heterocycles. The van der Waals surface area contributed by atoms with E-state index < -0.39 is 0 Å². The maximum Gasteiger partial charge on any atom is 0.254 e. The number of nitrogens with zero attached hydrogens (tertiary/aromatic N) is 1. The summed E-state index contributed by atoms with van der Waals surface area (Å²) in [5.74, 6) is -0.226. The van der Waals surface area contributed by atoms with Gasteiger partial charge in [-0.1, -0.05) is 37.6 Å². The Kier molecular flexibility index (Phi) is 3.91. The third-order valence-corrected chi connectivity index (χ3v) is 4.10. The van der Waals surface area contributed by atoms with Crippen molar-refractivity contribution < 1.29 is 9.18 Å². The molecule has 110 valence electrons. The number of amides is 1. The summed E-state index contributed by atoms with van der Waals surface area (Å²) in [7, 11) is 0. The fraction of sp³-hybridized carbons (Fsp3) is 0.389. The molecule has 2 nitrogen and oxygen atoms in total. The first-order valence-corrected chi connectivity index (χ1v) is 7.70. The molecule has 1 saturated carbocycles. The van der Waals surface area contributed by atoms with Gasteiger partial charge >= 0.3 is 0 Å². The number of fused-ring (bicyclic) bond motifs is 1. The summed E-state index contributed by atoms with van der Waals surface area (Å²) >= 11 is 0. The van der Waals surface area contributed by atoms with Crippen molar-refractivity contribution in [2.45, 2.75) is 38.6 Å². The molecule has 2 aromatic carbocycles. The lowest BCUT2D eigenvalue weighted by molar-refractivity contribution is 0.0742. The quantitative estimate of drug-likeness (QED) is 0.798. The Morgan fingerprint density at radius 2 is 1.90 bits per heavy atom. The van der Waals surface area contributed by atoms with Gasteiger partial charge in [0.05, 0.1) is 0 Å². The summed E-state index contributed by atoms with van der Waals surface area (Å²) in [6.45, 7) is 2.93. The largest absolute Gasteiger partial charge is 0.336 e. The van der Waals surface area contributed by atoms with Crippen LogP contribution in [0.1, 0.15) is 43.0 Å². The van der Waals surface area contributed by atoms with Gasteiger partial charge in [-0.25, -0.2) is 4.39 Å². The predicted octanol–water partition coefficient (Wildman–Crippen LogP) is 4.38. The highest BCUT2D eigenvalue weighted by Crippen LogP contribution is 2.30. The summed E-state index contributed by atoms with van der Waals surface area (Å²) in [4.78, 5) is 14.8. The van der Waals surface area contributed by atoms with Crippen LogP contribution >= 0.6 is 0 Å². The van der Waals surface area contributed by atoms with Crippen LogP contribution in [0, 0.1) is 5.82 Å². The van der Waals surface area contributed by atoms with Crippen LogP contribution in [-0.4, -0.2) is 23.4 Å². The molecule has 0 atom stereocenters. The van der Waals surface area contributed by atoms with Crippen LogP contribution in [0.4, 0.5) is 4.39 Å². The van der Waals surface area contributed by atoms with Crippen molar-refractivity contribution in [3.05, 3.63) is 47.8 Å². The minimum absolute atomic E-state index is 0.0437. The van der Waals surface area contributed by atoms with Gasteiger partial charge in [0.25, 0.3) is 5.91 Å². The van der Waals surface area contributed by atoms with Gasteiger partial charge < -0.3 is 4.90 Å². The first-order chi connectivity index (χ1) is 10.2. The van der Waals surface area contributed by atoms with Crippen LogP contribution in [0.25, 0.3) is 10.8 Å². The molecule has 3 rings (SSSR count). The van der Waals surface area contributed by atoms with Gasteiger partial charge in [-0.3, -0.25) is 4.79 Å². The van der Waals surface area contributed by atoms with Crippen LogP contribution in [0.5, 0.6) is 0 Å². The maximum absolute atomic E-state index is 13.9. The minimum atomic E-state index is -0.270. The third-order valence-electron chi connectivity index (χ3n) is 4.10. The van der Waals surface area contributed by atoms with E-state index in [1.165, 1.54) is 6.07 Å². The van der Waals surface area contributed by atoms with Crippen molar-refractivity contribution >= 4 is 16.7 Å². The van der Waals surface area contributed by atoms with Crippen LogP contribution < -0.4 is 0 Å². The van der Waals surface area contributed by atoms with Crippen LogP contribution in [0.15, 0.2) is 36.4 Å². The normalized spacial score (nSPS) is 14.4. The Morgan fingerprint density at radius 3 is 2.57 bits per heavy atom. The summed E-state index contributed by atoms with van der Waals surface area (Å²) in [6, 6.07) is 10.6. The van der Waals surface area contributed by atoms with E-state index in [9.17, 15) is 9.18 Å². The summed E-state index contributed by atoms with van der Waals surface area (Å²) in [6.07, 6.45) is 4.27. The smallest absolute Gasteiger partial charge is 0.254 e. The lowest BCUT2D eigenvalue weighted by atomic mass is 10.0. The van der Waals surface area contributed by atoms with Gasteiger partial charge in [0.2, 0.25) is 0 Å². The summed E-state index contributed by atoms with van der Waals surface area (Å²) in [5, 5.41) is 1.24. The number of halogens is 1. The Labute approximate surface area is 124 Å². The molecule has 0 spiro atoms. The Balaban J connectivity index is 1.98. The van der Waals surface area contributed by atoms with Crippen molar-refractivity contribution in [1.82, 2.24) is 4.90 Å². The van der Waals surface area contributed by atoms with Crippen molar-refractivity contribution in [2.75, 3.05) is 6.54 Å². The zero-order valence-corrected chi connectivity index (χ0v) is 12.3. The Morgan fingerprint density at radius 1 is 1.19 bits per heavy atom. The van der Waals surface area contributed by atoms with Crippen molar-refractivity contribution in [1.29, 1.82) is 0 Å². The van der Waals surface area contributed by atoms with Crippen molar-refractivity contribution in [3.8, 4) is 0 Å². The van der Waals surface area contributed by atoms with Gasteiger partial charge in [0, 0.05) is 23.5 Å². The molecule has 0 aromatic heterocycles. The van der Waals surface area contributed by atoms with E-state index >= 15 is 0 Å². The average molecular weight is 285 g/mol. The van der Waals surface area contributed by atoms with Gasteiger partial charge in [-0.2, -0.15) is 0 Å². The number of unbranched alkanes of at least 4 members (excludes halogenated alkanes) is 1. The van der Waals surface area contributed by atoms with Gasteiger partial charge in [-0.05, 0) is 36.8 Å².